The monoisotopic (exact) mass is 424 g/mol. The molecule has 0 fully saturated rings. The third-order valence-corrected chi connectivity index (χ3v) is 4.16. The Morgan fingerprint density at radius 1 is 1.25 bits per heavy atom. The summed E-state index contributed by atoms with van der Waals surface area (Å²) in [4.78, 5) is 21.6. The number of nitrogens with two attached hydrogens (primary N) is 2. The van der Waals surface area contributed by atoms with Crippen molar-refractivity contribution in [2.75, 3.05) is 18.6 Å². The summed E-state index contributed by atoms with van der Waals surface area (Å²) >= 11 is 0. The fourth-order valence-electron chi connectivity index (χ4n) is 0.718. The Kier molecular flexibility index (Phi) is 45.3. The Morgan fingerprint density at radius 2 is 1.65 bits per heavy atom. The number of hydrogen-bond acceptors (Lipinski definition) is 5. The quantitative estimate of drug-likeness (QED) is 0.225. The summed E-state index contributed by atoms with van der Waals surface area (Å²) in [6.07, 6.45) is 0. The molecule has 0 unspecified atom stereocenters. The van der Waals surface area contributed by atoms with E-state index in [0.717, 1.165) is 0 Å². The Labute approximate surface area is 199 Å². The van der Waals surface area contributed by atoms with Gasteiger partial charge in [0.1, 0.15) is 5.78 Å². The first-order valence-electron chi connectivity index (χ1n) is 4.41. The van der Waals surface area contributed by atoms with Crippen LogP contribution in [0.4, 0.5) is 0 Å². The molecule has 6 N–H and O–H groups in total. The number of carbonyl (C=O) groups is 2. The van der Waals surface area contributed by atoms with Crippen molar-refractivity contribution in [2.24, 2.45) is 5.73 Å². The molecule has 0 heterocycles. The van der Waals surface area contributed by atoms with E-state index in [0.29, 0.717) is 11.5 Å². The molecule has 0 aliphatic rings. The average molecular weight is 424 g/mol. The molecule has 0 aliphatic carbocycles. The number of likely N-dealkylation sites (N-methyl/N-ethyl adjacent to an activating group) is 1. The molecule has 0 bridgehead atoms. The van der Waals surface area contributed by atoms with Gasteiger partial charge in [0.25, 0.3) is 0 Å². The van der Waals surface area contributed by atoms with E-state index in [2.05, 4.69) is 5.32 Å². The van der Waals surface area contributed by atoms with Crippen molar-refractivity contribution in [3.63, 3.8) is 0 Å². The van der Waals surface area contributed by atoms with Crippen LogP contribution in [0.3, 0.4) is 0 Å². The van der Waals surface area contributed by atoms with E-state index in [9.17, 15) is 9.59 Å². The molecule has 20 heavy (non-hydrogen) atoms. The summed E-state index contributed by atoms with van der Waals surface area (Å²) in [7, 11) is 4.58. The van der Waals surface area contributed by atoms with Crippen LogP contribution in [0.15, 0.2) is 0 Å². The number of Topliss-reactive ketones (excluding diaryl/α,β-unsaturated/α-hetero) is 1. The number of amides is 1. The van der Waals surface area contributed by atoms with Gasteiger partial charge in [-0.1, -0.05) is 21.6 Å². The third kappa shape index (κ3) is 20.5. The molecular formula is C10H24KN4O2S2Y-3. The minimum absolute atomic E-state index is 0. The van der Waals surface area contributed by atoms with Gasteiger partial charge in [-0.3, -0.25) is 9.59 Å². The summed E-state index contributed by atoms with van der Waals surface area (Å²) in [5, 5.41) is 2.89. The first-order valence-corrected chi connectivity index (χ1v) is 6.90. The smallest absolute Gasteiger partial charge is 0.693 e. The van der Waals surface area contributed by atoms with Crippen molar-refractivity contribution >= 4 is 33.3 Å². The Morgan fingerprint density at radius 3 is 1.95 bits per heavy atom. The van der Waals surface area contributed by atoms with Crippen LogP contribution >= 0.6 is 21.6 Å². The van der Waals surface area contributed by atoms with Crippen molar-refractivity contribution in [1.29, 1.82) is 0 Å². The van der Waals surface area contributed by atoms with Gasteiger partial charge >= 0.3 is 51.4 Å². The normalized spacial score (nSPS) is 10.9. The van der Waals surface area contributed by atoms with Crippen molar-refractivity contribution in [3.05, 3.63) is 26.7 Å². The van der Waals surface area contributed by atoms with Gasteiger partial charge < -0.3 is 37.8 Å². The predicted molar refractivity (Wildman–Crippen MR) is 83.9 cm³/mol. The van der Waals surface area contributed by atoms with Crippen LogP contribution in [0.5, 0.6) is 0 Å². The van der Waals surface area contributed by atoms with E-state index in [4.69, 9.17) is 11.5 Å². The van der Waals surface area contributed by atoms with Crippen LogP contribution in [0.2, 0.25) is 0 Å². The van der Waals surface area contributed by atoms with Crippen molar-refractivity contribution < 1.29 is 93.7 Å². The van der Waals surface area contributed by atoms with Crippen LogP contribution in [-0.4, -0.2) is 42.3 Å². The molecule has 0 saturated heterocycles. The maximum atomic E-state index is 11.0. The standard InChI is InChI=1S/C8H16N3O2S2.2CH3.K.H2N.Y/c1-5(12)7(11-2)4-15-14-3-6(9)8(10)13;;;;;/h6-7,9,11H,3-4H2,1-2H3,(H2,10,13);2*1H3;;1H2;/q3*-1;+1;-1;/t6-,7-;;;;;/m0...../s1. The van der Waals surface area contributed by atoms with Crippen molar-refractivity contribution in [1.82, 2.24) is 5.32 Å². The van der Waals surface area contributed by atoms with Crippen LogP contribution in [0.1, 0.15) is 6.92 Å². The van der Waals surface area contributed by atoms with Gasteiger partial charge in [-0.15, -0.1) is 0 Å². The van der Waals surface area contributed by atoms with E-state index in [1.54, 1.807) is 7.05 Å². The Balaban J connectivity index is -0.0000000980. The van der Waals surface area contributed by atoms with E-state index in [1.165, 1.54) is 28.5 Å². The van der Waals surface area contributed by atoms with Crippen molar-refractivity contribution in [3.8, 4) is 0 Å². The second-order valence-corrected chi connectivity index (χ2v) is 5.53. The number of nitrogens with one attached hydrogen (secondary N) is 2. The number of hydrogen-bond donors (Lipinski definition) is 2. The molecular weight excluding hydrogens is 400 g/mol. The Hall–Kier alpha value is 2.46. The second-order valence-electron chi connectivity index (χ2n) is 2.98. The van der Waals surface area contributed by atoms with Crippen LogP contribution in [0.25, 0.3) is 11.9 Å². The zero-order valence-corrected chi connectivity index (χ0v) is 20.5. The van der Waals surface area contributed by atoms with Gasteiger partial charge in [-0.25, -0.2) is 0 Å². The number of rotatable bonds is 8. The Bertz CT molecular complexity index is 241. The molecule has 0 aromatic carbocycles. The molecule has 1 radical (unpaired) electrons. The zero-order chi connectivity index (χ0) is 11.8. The topological polar surface area (TPSA) is 129 Å². The second kappa shape index (κ2) is 23.7. The average Bonchev–Trinajstić information content (AvgIpc) is 2.16. The van der Waals surface area contributed by atoms with Crippen LogP contribution in [-0.2, 0) is 42.3 Å². The molecule has 1 amide bonds. The van der Waals surface area contributed by atoms with Gasteiger partial charge in [-0.2, -0.15) is 0 Å². The van der Waals surface area contributed by atoms with Gasteiger partial charge in [0.2, 0.25) is 0 Å². The summed E-state index contributed by atoms with van der Waals surface area (Å²) < 4.78 is 0. The molecule has 6 nitrogen and oxygen atoms in total. The third-order valence-electron chi connectivity index (χ3n) is 1.74. The van der Waals surface area contributed by atoms with Gasteiger partial charge in [-0.05, 0) is 25.8 Å². The SMILES string of the molecule is CN[C@@H](CSSC[C@H]([NH-])C(N)=O)C(C)=O.[CH3-].[CH3-].[K+].[NH2-].[Y]. The molecule has 0 aliphatic heterocycles. The van der Waals surface area contributed by atoms with Gasteiger partial charge in [0.05, 0.1) is 6.04 Å². The van der Waals surface area contributed by atoms with Crippen molar-refractivity contribution in [2.45, 2.75) is 19.0 Å². The van der Waals surface area contributed by atoms with Gasteiger partial charge in [0.15, 0.2) is 5.91 Å². The molecule has 0 spiro atoms. The number of primary amides is 1. The molecule has 10 heteroatoms. The molecule has 0 aromatic rings. The molecule has 0 saturated carbocycles. The van der Waals surface area contributed by atoms with E-state index < -0.39 is 11.9 Å². The first kappa shape index (κ1) is 38.2. The fourth-order valence-corrected chi connectivity index (χ4v) is 3.14. The zero-order valence-electron chi connectivity index (χ0n) is 12.9. The maximum absolute atomic E-state index is 11.0. The van der Waals surface area contributed by atoms with Crippen LogP contribution < -0.4 is 62.4 Å². The first-order chi connectivity index (χ1) is 6.99. The number of ketones is 1. The molecule has 0 aromatic heterocycles. The van der Waals surface area contributed by atoms with E-state index >= 15 is 0 Å². The summed E-state index contributed by atoms with van der Waals surface area (Å²) in [6, 6.07) is -1.03. The summed E-state index contributed by atoms with van der Waals surface area (Å²) in [5.74, 6) is 0.457. The minimum atomic E-state index is -0.868. The maximum Gasteiger partial charge on any atom is 1.00 e. The van der Waals surface area contributed by atoms with Crippen LogP contribution in [0, 0.1) is 14.9 Å². The van der Waals surface area contributed by atoms with Gasteiger partial charge in [0, 0.05) is 38.5 Å². The largest absolute Gasteiger partial charge is 1.00 e. The summed E-state index contributed by atoms with van der Waals surface area (Å²) in [5.41, 5.74) is 12.2. The van der Waals surface area contributed by atoms with E-state index in [1.807, 2.05) is 0 Å². The number of carbonyl (C=O) groups excluding carboxylic acids is 2. The van der Waals surface area contributed by atoms with E-state index in [-0.39, 0.29) is 117 Å². The molecule has 2 atom stereocenters. The molecule has 115 valence electrons. The summed E-state index contributed by atoms with van der Waals surface area (Å²) in [6.45, 7) is 1.53. The fraction of sp³-hybridized carbons (Fsp3) is 0.600. The molecule has 0 rings (SSSR count). The predicted octanol–water partition coefficient (Wildman–Crippen LogP) is -0.930. The minimum Gasteiger partial charge on any atom is -0.693 e.